The molecule has 0 unspecified atom stereocenters. The summed E-state index contributed by atoms with van der Waals surface area (Å²) in [6.45, 7) is 7.41. The fourth-order valence-corrected chi connectivity index (χ4v) is 3.61. The van der Waals surface area contributed by atoms with E-state index in [1.54, 1.807) is 10.9 Å². The van der Waals surface area contributed by atoms with Crippen molar-refractivity contribution in [3.05, 3.63) is 17.5 Å². The van der Waals surface area contributed by atoms with Crippen LogP contribution in [0.3, 0.4) is 0 Å². The Morgan fingerprint density at radius 2 is 2.05 bits per heavy atom. The summed E-state index contributed by atoms with van der Waals surface area (Å²) >= 11 is 0. The number of aryl methyl sites for hydroxylation is 1. The molecule has 0 aliphatic carbocycles. The molecule has 1 aromatic heterocycles. The maximum absolute atomic E-state index is 12.7. The number of carbonyl (C=O) groups excluding carboxylic acids is 1. The highest BCUT2D eigenvalue weighted by Gasteiger charge is 2.28. The fourth-order valence-electron chi connectivity index (χ4n) is 3.61. The quantitative estimate of drug-likeness (QED) is 0.850. The monoisotopic (exact) mass is 290 g/mol. The number of rotatable bonds is 3. The molecule has 3 heterocycles. The molecule has 116 valence electrons. The van der Waals surface area contributed by atoms with Crippen molar-refractivity contribution >= 4 is 5.91 Å². The molecule has 5 nitrogen and oxygen atoms in total. The van der Waals surface area contributed by atoms with Crippen LogP contribution in [0.25, 0.3) is 0 Å². The molecule has 0 spiro atoms. The number of likely N-dealkylation sites (tertiary alicyclic amines) is 2. The van der Waals surface area contributed by atoms with Crippen LogP contribution in [0.2, 0.25) is 0 Å². The molecular weight excluding hydrogens is 264 g/mol. The van der Waals surface area contributed by atoms with Gasteiger partial charge in [0.25, 0.3) is 5.91 Å². The van der Waals surface area contributed by atoms with Crippen molar-refractivity contribution in [3.8, 4) is 0 Å². The predicted molar refractivity (Wildman–Crippen MR) is 82.2 cm³/mol. The lowest BCUT2D eigenvalue weighted by molar-refractivity contribution is 0.0647. The Labute approximate surface area is 126 Å². The van der Waals surface area contributed by atoms with Crippen LogP contribution in [0.1, 0.15) is 41.7 Å². The normalized spacial score (nSPS) is 23.7. The third kappa shape index (κ3) is 3.12. The number of hydrogen-bond donors (Lipinski definition) is 0. The van der Waals surface area contributed by atoms with Gasteiger partial charge in [0.05, 0.1) is 11.8 Å². The summed E-state index contributed by atoms with van der Waals surface area (Å²) in [5.41, 5.74) is 1.72. The van der Waals surface area contributed by atoms with Gasteiger partial charge >= 0.3 is 0 Å². The molecule has 2 aliphatic heterocycles. The van der Waals surface area contributed by atoms with Crippen molar-refractivity contribution in [1.29, 1.82) is 0 Å². The van der Waals surface area contributed by atoms with E-state index >= 15 is 0 Å². The molecule has 1 amide bonds. The number of hydrogen-bond acceptors (Lipinski definition) is 3. The average Bonchev–Trinajstić information content (AvgIpc) is 3.10. The second-order valence-electron chi connectivity index (χ2n) is 6.53. The van der Waals surface area contributed by atoms with Crippen molar-refractivity contribution in [1.82, 2.24) is 19.6 Å². The van der Waals surface area contributed by atoms with Gasteiger partial charge in [-0.2, -0.15) is 5.10 Å². The van der Waals surface area contributed by atoms with Crippen molar-refractivity contribution < 1.29 is 4.79 Å². The summed E-state index contributed by atoms with van der Waals surface area (Å²) < 4.78 is 1.78. The third-order valence-electron chi connectivity index (χ3n) is 4.99. The van der Waals surface area contributed by atoms with Crippen molar-refractivity contribution in [3.63, 3.8) is 0 Å². The molecule has 0 N–H and O–H groups in total. The Balaban J connectivity index is 1.62. The van der Waals surface area contributed by atoms with Crippen LogP contribution < -0.4 is 0 Å². The highest BCUT2D eigenvalue weighted by Crippen LogP contribution is 2.22. The number of carbonyl (C=O) groups is 1. The summed E-state index contributed by atoms with van der Waals surface area (Å²) in [6.07, 6.45) is 6.77. The molecular formula is C16H26N4O. The van der Waals surface area contributed by atoms with Crippen molar-refractivity contribution in [2.75, 3.05) is 32.7 Å². The largest absolute Gasteiger partial charge is 0.338 e. The molecule has 0 radical (unpaired) electrons. The number of piperidine rings is 1. The number of amides is 1. The Morgan fingerprint density at radius 3 is 2.71 bits per heavy atom. The lowest BCUT2D eigenvalue weighted by atomic mass is 9.97. The van der Waals surface area contributed by atoms with E-state index in [0.717, 1.165) is 37.3 Å². The zero-order valence-corrected chi connectivity index (χ0v) is 13.2. The standard InChI is InChI=1S/C16H26N4O/c1-13-15(10-17-18(13)2)16(21)20-9-5-6-14(12-20)11-19-7-3-4-8-19/h10,14H,3-9,11-12H2,1-2H3/t14-/m0/s1. The van der Waals surface area contributed by atoms with E-state index in [2.05, 4.69) is 10.00 Å². The second-order valence-corrected chi connectivity index (χ2v) is 6.53. The van der Waals surface area contributed by atoms with E-state index in [1.165, 1.54) is 32.4 Å². The summed E-state index contributed by atoms with van der Waals surface area (Å²) in [4.78, 5) is 17.3. The van der Waals surface area contributed by atoms with Gasteiger partial charge in [-0.05, 0) is 51.6 Å². The van der Waals surface area contributed by atoms with Gasteiger partial charge in [-0.25, -0.2) is 0 Å². The molecule has 0 saturated carbocycles. The van der Waals surface area contributed by atoms with Gasteiger partial charge < -0.3 is 9.80 Å². The van der Waals surface area contributed by atoms with Crippen LogP contribution in [0.5, 0.6) is 0 Å². The zero-order chi connectivity index (χ0) is 14.8. The first-order valence-electron chi connectivity index (χ1n) is 8.15. The van der Waals surface area contributed by atoms with E-state index in [0.29, 0.717) is 5.92 Å². The molecule has 1 aromatic rings. The zero-order valence-electron chi connectivity index (χ0n) is 13.2. The van der Waals surface area contributed by atoms with Gasteiger partial charge in [0, 0.05) is 32.4 Å². The van der Waals surface area contributed by atoms with Crippen LogP contribution >= 0.6 is 0 Å². The minimum absolute atomic E-state index is 0.159. The summed E-state index contributed by atoms with van der Waals surface area (Å²) in [7, 11) is 1.89. The third-order valence-corrected chi connectivity index (χ3v) is 4.99. The maximum Gasteiger partial charge on any atom is 0.257 e. The summed E-state index contributed by atoms with van der Waals surface area (Å²) in [5, 5.41) is 4.20. The molecule has 2 saturated heterocycles. The highest BCUT2D eigenvalue weighted by molar-refractivity contribution is 5.95. The average molecular weight is 290 g/mol. The van der Waals surface area contributed by atoms with Gasteiger partial charge in [-0.1, -0.05) is 0 Å². The Kier molecular flexibility index (Phi) is 4.29. The molecule has 5 heteroatoms. The molecule has 3 rings (SSSR count). The van der Waals surface area contributed by atoms with E-state index in [4.69, 9.17) is 0 Å². The molecule has 1 atom stereocenters. The molecule has 0 bridgehead atoms. The van der Waals surface area contributed by atoms with E-state index < -0.39 is 0 Å². The first-order chi connectivity index (χ1) is 10.1. The first kappa shape index (κ1) is 14.6. The van der Waals surface area contributed by atoms with Gasteiger partial charge in [0.2, 0.25) is 0 Å². The van der Waals surface area contributed by atoms with Gasteiger partial charge in [-0.3, -0.25) is 9.48 Å². The highest BCUT2D eigenvalue weighted by atomic mass is 16.2. The first-order valence-corrected chi connectivity index (χ1v) is 8.15. The second kappa shape index (κ2) is 6.18. The summed E-state index contributed by atoms with van der Waals surface area (Å²) in [6, 6.07) is 0. The smallest absolute Gasteiger partial charge is 0.257 e. The van der Waals surface area contributed by atoms with E-state index in [9.17, 15) is 4.79 Å². The van der Waals surface area contributed by atoms with Crippen molar-refractivity contribution in [2.45, 2.75) is 32.6 Å². The van der Waals surface area contributed by atoms with Gasteiger partial charge in [0.15, 0.2) is 0 Å². The van der Waals surface area contributed by atoms with Crippen LogP contribution in [-0.4, -0.2) is 58.2 Å². The number of nitrogens with zero attached hydrogens (tertiary/aromatic N) is 4. The Hall–Kier alpha value is -1.36. The Morgan fingerprint density at radius 1 is 1.29 bits per heavy atom. The van der Waals surface area contributed by atoms with Crippen LogP contribution in [0.4, 0.5) is 0 Å². The topological polar surface area (TPSA) is 41.4 Å². The van der Waals surface area contributed by atoms with Crippen LogP contribution in [-0.2, 0) is 7.05 Å². The predicted octanol–water partition coefficient (Wildman–Crippen LogP) is 1.68. The van der Waals surface area contributed by atoms with Crippen LogP contribution in [0.15, 0.2) is 6.20 Å². The lowest BCUT2D eigenvalue weighted by Crippen LogP contribution is -2.43. The Bertz CT molecular complexity index is 504. The SMILES string of the molecule is Cc1c(C(=O)N2CCC[C@@H](CN3CCCC3)C2)cnn1C. The molecule has 2 fully saturated rings. The van der Waals surface area contributed by atoms with E-state index in [-0.39, 0.29) is 5.91 Å². The van der Waals surface area contributed by atoms with Gasteiger partial charge in [0.1, 0.15) is 0 Å². The minimum Gasteiger partial charge on any atom is -0.338 e. The van der Waals surface area contributed by atoms with Gasteiger partial charge in [-0.15, -0.1) is 0 Å². The van der Waals surface area contributed by atoms with E-state index in [1.807, 2.05) is 18.9 Å². The summed E-state index contributed by atoms with van der Waals surface area (Å²) in [5.74, 6) is 0.796. The molecule has 2 aliphatic rings. The minimum atomic E-state index is 0.159. The molecule has 21 heavy (non-hydrogen) atoms. The van der Waals surface area contributed by atoms with Crippen LogP contribution in [0, 0.1) is 12.8 Å². The maximum atomic E-state index is 12.7. The molecule has 0 aromatic carbocycles. The van der Waals surface area contributed by atoms with Crippen molar-refractivity contribution in [2.24, 2.45) is 13.0 Å². The lowest BCUT2D eigenvalue weighted by Gasteiger charge is -2.34. The number of aromatic nitrogens is 2. The fraction of sp³-hybridized carbons (Fsp3) is 0.750.